The van der Waals surface area contributed by atoms with E-state index in [4.69, 9.17) is 14.2 Å². The number of phenolic OH excluding ortho intramolecular Hbond substituents is 1. The average Bonchev–Trinajstić information content (AvgIpc) is 2.97. The van der Waals surface area contributed by atoms with Crippen LogP contribution in [-0.2, 0) is 9.59 Å². The lowest BCUT2D eigenvalue weighted by Gasteiger charge is -2.36. The highest BCUT2D eigenvalue weighted by atomic mass is 16.5. The Morgan fingerprint density at radius 2 is 1.59 bits per heavy atom. The highest BCUT2D eigenvalue weighted by Gasteiger charge is 2.35. The van der Waals surface area contributed by atoms with Gasteiger partial charge in [0.15, 0.2) is 34.6 Å². The SMILES string of the molecule is COc1cc(C=CC(=O)C=C(O)C=Cc2ccc(OC3C=C(C)C(O)CC3C(C)CC(=O)C=C(C)C)c(OC)c2)ccc1O. The monoisotopic (exact) mass is 602 g/mol. The summed E-state index contributed by atoms with van der Waals surface area (Å²) in [5, 5.41) is 30.5. The standard InChI is InChI=1S/C36H42O8/c1-22(2)15-29(39)16-23(3)30-21-32(41)24(4)17-34(30)44-33-14-10-26(19-36(33)43-6)8-12-28(38)20-27(37)11-7-25-9-13-31(40)35(18-25)42-5/h7-15,17-20,23,30,32,34,38,40-41H,16,21H2,1-6H3. The number of aromatic hydroxyl groups is 1. The van der Waals surface area contributed by atoms with E-state index in [9.17, 15) is 24.9 Å². The molecule has 4 unspecified atom stereocenters. The molecule has 44 heavy (non-hydrogen) atoms. The maximum absolute atomic E-state index is 12.5. The molecule has 0 saturated carbocycles. The van der Waals surface area contributed by atoms with E-state index in [2.05, 4.69) is 0 Å². The molecule has 4 atom stereocenters. The average molecular weight is 603 g/mol. The lowest BCUT2D eigenvalue weighted by Crippen LogP contribution is -2.38. The summed E-state index contributed by atoms with van der Waals surface area (Å²) in [6.45, 7) is 7.66. The van der Waals surface area contributed by atoms with Crippen molar-refractivity contribution in [3.05, 3.63) is 94.8 Å². The van der Waals surface area contributed by atoms with Gasteiger partial charge in [-0.25, -0.2) is 0 Å². The number of allylic oxidation sites excluding steroid dienone is 5. The summed E-state index contributed by atoms with van der Waals surface area (Å²) in [4.78, 5) is 24.8. The van der Waals surface area contributed by atoms with Crippen LogP contribution in [0.5, 0.6) is 23.0 Å². The molecule has 2 aromatic rings. The lowest BCUT2D eigenvalue weighted by atomic mass is 9.76. The van der Waals surface area contributed by atoms with Gasteiger partial charge in [0.25, 0.3) is 0 Å². The molecule has 2 aromatic carbocycles. The predicted octanol–water partition coefficient (Wildman–Crippen LogP) is 6.78. The molecule has 1 aliphatic carbocycles. The predicted molar refractivity (Wildman–Crippen MR) is 172 cm³/mol. The van der Waals surface area contributed by atoms with Crippen molar-refractivity contribution in [3.8, 4) is 23.0 Å². The molecule has 8 heteroatoms. The normalized spacial score (nSPS) is 19.4. The van der Waals surface area contributed by atoms with E-state index in [0.29, 0.717) is 35.5 Å². The van der Waals surface area contributed by atoms with Crippen LogP contribution < -0.4 is 14.2 Å². The molecule has 0 aromatic heterocycles. The Kier molecular flexibility index (Phi) is 12.2. The highest BCUT2D eigenvalue weighted by Crippen LogP contribution is 2.37. The number of ether oxygens (including phenoxy) is 3. The molecule has 0 saturated heterocycles. The second kappa shape index (κ2) is 15.8. The first-order valence-electron chi connectivity index (χ1n) is 14.5. The lowest BCUT2D eigenvalue weighted by molar-refractivity contribution is -0.116. The molecule has 0 radical (unpaired) electrons. The van der Waals surface area contributed by atoms with Gasteiger partial charge in [-0.05, 0) is 98.4 Å². The van der Waals surface area contributed by atoms with Gasteiger partial charge in [0, 0.05) is 18.4 Å². The van der Waals surface area contributed by atoms with Crippen LogP contribution in [0.4, 0.5) is 0 Å². The van der Waals surface area contributed by atoms with E-state index >= 15 is 0 Å². The zero-order chi connectivity index (χ0) is 32.4. The van der Waals surface area contributed by atoms with Gasteiger partial charge >= 0.3 is 0 Å². The topological polar surface area (TPSA) is 123 Å². The zero-order valence-corrected chi connectivity index (χ0v) is 26.1. The molecule has 1 aliphatic rings. The first-order valence-corrected chi connectivity index (χ1v) is 14.5. The van der Waals surface area contributed by atoms with Crippen molar-refractivity contribution in [1.29, 1.82) is 0 Å². The van der Waals surface area contributed by atoms with E-state index in [1.165, 1.54) is 32.4 Å². The van der Waals surface area contributed by atoms with Crippen molar-refractivity contribution in [2.45, 2.75) is 52.7 Å². The summed E-state index contributed by atoms with van der Waals surface area (Å²) >= 11 is 0. The van der Waals surface area contributed by atoms with Crippen molar-refractivity contribution in [2.24, 2.45) is 11.8 Å². The van der Waals surface area contributed by atoms with Crippen molar-refractivity contribution in [2.75, 3.05) is 14.2 Å². The number of aliphatic hydroxyl groups is 2. The zero-order valence-electron chi connectivity index (χ0n) is 26.1. The van der Waals surface area contributed by atoms with Crippen molar-refractivity contribution in [1.82, 2.24) is 0 Å². The molecule has 234 valence electrons. The third-order valence-electron chi connectivity index (χ3n) is 7.41. The number of phenols is 1. The molecular formula is C36H42O8. The molecule has 0 aliphatic heterocycles. The minimum absolute atomic E-state index is 0.00199. The smallest absolute Gasteiger partial charge is 0.182 e. The van der Waals surface area contributed by atoms with Gasteiger partial charge in [-0.3, -0.25) is 9.59 Å². The Morgan fingerprint density at radius 3 is 2.25 bits per heavy atom. The summed E-state index contributed by atoms with van der Waals surface area (Å²) in [6, 6.07) is 10.0. The van der Waals surface area contributed by atoms with Crippen LogP contribution in [0, 0.1) is 11.8 Å². The Bertz CT molecular complexity index is 1490. The maximum atomic E-state index is 12.5. The van der Waals surface area contributed by atoms with Crippen LogP contribution in [0.2, 0.25) is 0 Å². The minimum Gasteiger partial charge on any atom is -0.508 e. The van der Waals surface area contributed by atoms with E-state index in [0.717, 1.165) is 17.2 Å². The number of benzene rings is 2. The summed E-state index contributed by atoms with van der Waals surface area (Å²) in [5.74, 6) is 0.561. The number of hydrogen-bond acceptors (Lipinski definition) is 8. The van der Waals surface area contributed by atoms with Crippen molar-refractivity contribution in [3.63, 3.8) is 0 Å². The van der Waals surface area contributed by atoms with Gasteiger partial charge in [0.2, 0.25) is 0 Å². The van der Waals surface area contributed by atoms with Crippen molar-refractivity contribution >= 4 is 23.7 Å². The molecule has 0 heterocycles. The van der Waals surface area contributed by atoms with Crippen molar-refractivity contribution < 1.29 is 39.1 Å². The summed E-state index contributed by atoms with van der Waals surface area (Å²) in [7, 11) is 2.97. The summed E-state index contributed by atoms with van der Waals surface area (Å²) in [6.07, 6.45) is 10.5. The number of carbonyl (C=O) groups is 2. The molecule has 8 nitrogen and oxygen atoms in total. The Labute approximate surface area is 259 Å². The largest absolute Gasteiger partial charge is 0.508 e. The first-order chi connectivity index (χ1) is 20.9. The van der Waals surface area contributed by atoms with Gasteiger partial charge in [-0.2, -0.15) is 0 Å². The van der Waals surface area contributed by atoms with E-state index in [1.807, 2.05) is 33.8 Å². The van der Waals surface area contributed by atoms with Gasteiger partial charge in [0.05, 0.1) is 20.3 Å². The Morgan fingerprint density at radius 1 is 0.955 bits per heavy atom. The summed E-state index contributed by atoms with van der Waals surface area (Å²) < 4.78 is 17.1. The van der Waals surface area contributed by atoms with Crippen LogP contribution in [0.3, 0.4) is 0 Å². The fourth-order valence-electron chi connectivity index (χ4n) is 5.03. The number of rotatable bonds is 13. The molecule has 3 N–H and O–H groups in total. The fraction of sp³-hybridized carbons (Fsp3) is 0.333. The Hall–Kier alpha value is -4.56. The van der Waals surface area contributed by atoms with Crippen LogP contribution in [-0.4, -0.2) is 53.3 Å². The third kappa shape index (κ3) is 9.74. The number of carbonyl (C=O) groups excluding carboxylic acids is 2. The number of aliphatic hydroxyl groups excluding tert-OH is 2. The van der Waals surface area contributed by atoms with Crippen LogP contribution in [0.15, 0.2) is 83.7 Å². The van der Waals surface area contributed by atoms with Gasteiger partial charge in [0.1, 0.15) is 11.9 Å². The summed E-state index contributed by atoms with van der Waals surface area (Å²) in [5.41, 5.74) is 3.13. The highest BCUT2D eigenvalue weighted by molar-refractivity contribution is 6.02. The van der Waals surface area contributed by atoms with E-state index < -0.39 is 11.9 Å². The fourth-order valence-corrected chi connectivity index (χ4v) is 5.03. The van der Waals surface area contributed by atoms with Gasteiger partial charge < -0.3 is 29.5 Å². The van der Waals surface area contributed by atoms with Crippen LogP contribution in [0.25, 0.3) is 12.2 Å². The maximum Gasteiger partial charge on any atom is 0.182 e. The second-order valence-electron chi connectivity index (χ2n) is 11.3. The number of ketones is 2. The Balaban J connectivity index is 1.72. The molecule has 0 bridgehead atoms. The number of hydrogen-bond donors (Lipinski definition) is 3. The van der Waals surface area contributed by atoms with Crippen LogP contribution in [0.1, 0.15) is 51.7 Å². The molecule has 3 rings (SSSR count). The van der Waals surface area contributed by atoms with Gasteiger partial charge in [-0.15, -0.1) is 0 Å². The number of methoxy groups -OCH3 is 2. The van der Waals surface area contributed by atoms with Crippen LogP contribution >= 0.6 is 0 Å². The molecule has 0 spiro atoms. The third-order valence-corrected chi connectivity index (χ3v) is 7.41. The minimum atomic E-state index is -0.588. The molecular weight excluding hydrogens is 560 g/mol. The molecule has 0 amide bonds. The van der Waals surface area contributed by atoms with Gasteiger partial charge in [-0.1, -0.05) is 36.8 Å². The quantitative estimate of drug-likeness (QED) is 0.0992. The molecule has 0 fully saturated rings. The van der Waals surface area contributed by atoms with E-state index in [-0.39, 0.29) is 41.0 Å². The first kappa shape index (κ1) is 33.9. The van der Waals surface area contributed by atoms with E-state index in [1.54, 1.807) is 48.6 Å². The second-order valence-corrected chi connectivity index (χ2v) is 11.3.